The molecule has 0 aromatic heterocycles. The number of carboxylic acid groups (broad SMARTS) is 6. The molecule has 0 saturated carbocycles. The van der Waals surface area contributed by atoms with E-state index in [4.69, 9.17) is 20.4 Å². The summed E-state index contributed by atoms with van der Waals surface area (Å²) in [6, 6.07) is 0. The van der Waals surface area contributed by atoms with Crippen LogP contribution in [0.3, 0.4) is 0 Å². The van der Waals surface area contributed by atoms with Crippen LogP contribution in [0, 0.1) is 0 Å². The third-order valence-corrected chi connectivity index (χ3v) is 2.89. The van der Waals surface area contributed by atoms with Crippen LogP contribution < -0.4 is 30.6 Å². The molecule has 0 heterocycles. The van der Waals surface area contributed by atoms with Crippen molar-refractivity contribution in [3.8, 4) is 0 Å². The van der Waals surface area contributed by atoms with E-state index in [-0.39, 0.29) is 119 Å². The Hall–Kier alpha value is 0.399. The number of carboxylic acids is 6. The van der Waals surface area contributed by atoms with E-state index in [0.29, 0.717) is 0 Å². The number of rotatable bonds is 10. The molecule has 0 rings (SSSR count). The van der Waals surface area contributed by atoms with Crippen LogP contribution in [0.2, 0.25) is 0 Å². The molecule has 0 spiro atoms. The third kappa shape index (κ3) is 14.6. The van der Waals surface area contributed by atoms with E-state index < -0.39 is 72.1 Å². The van der Waals surface area contributed by atoms with Crippen molar-refractivity contribution in [2.45, 2.75) is 36.3 Å². The Labute approximate surface area is 266 Å². The zero-order valence-electron chi connectivity index (χ0n) is 15.9. The van der Waals surface area contributed by atoms with Crippen molar-refractivity contribution in [1.82, 2.24) is 0 Å². The van der Waals surface area contributed by atoms with Gasteiger partial charge in [-0.1, -0.05) is 0 Å². The number of carbonyl (C=O) groups excluding carboxylic acids is 6. The maximum atomic E-state index is 10.2. The normalized spacial score (nSPS) is 14.6. The van der Waals surface area contributed by atoms with Crippen LogP contribution in [-0.2, 0) is 28.8 Å². The Balaban J connectivity index is -0.0000000939. The number of carbonyl (C=O) groups is 6. The number of hydrogen-bond donors (Lipinski definition) is 4. The minimum Gasteiger partial charge on any atom is -0.550 e. The van der Waals surface area contributed by atoms with Gasteiger partial charge in [0.15, 0.2) is 0 Å². The standard InChI is InChI=1S/2C6H8O8.3Ca.H2O/c2*7-2(8)1-6(14,5(12)13)3(9)4(10)11;;;;/h2*3,9,14H,1H2,(H,7,8)(H,10,11)(H,12,13);;;;1H2/q;;3*+2;/p-6/t2*3-,6-;;;;/m11..../s1. The monoisotopic (exact) mass is 548 g/mol. The molecule has 17 nitrogen and oxygen atoms in total. The van der Waals surface area contributed by atoms with Crippen LogP contribution in [0.1, 0.15) is 12.8 Å². The first-order chi connectivity index (χ1) is 12.4. The van der Waals surface area contributed by atoms with Crippen LogP contribution in [-0.4, -0.2) is 198 Å². The Morgan fingerprint density at radius 2 is 0.781 bits per heavy atom. The zero-order chi connectivity index (χ0) is 23.0. The molecule has 0 aromatic rings. The van der Waals surface area contributed by atoms with Gasteiger partial charge in [0.05, 0.1) is 23.9 Å². The maximum Gasteiger partial charge on any atom is 2.00 e. The molecule has 168 valence electrons. The van der Waals surface area contributed by atoms with Gasteiger partial charge in [0.25, 0.3) is 0 Å². The van der Waals surface area contributed by atoms with Gasteiger partial charge < -0.3 is 85.3 Å². The van der Waals surface area contributed by atoms with Gasteiger partial charge in [0.2, 0.25) is 0 Å². The van der Waals surface area contributed by atoms with Crippen LogP contribution >= 0.6 is 0 Å². The van der Waals surface area contributed by atoms with Gasteiger partial charge in [0, 0.05) is 24.8 Å². The molecular weight excluding hydrogens is 536 g/mol. The van der Waals surface area contributed by atoms with Crippen molar-refractivity contribution < 1.29 is 85.3 Å². The molecule has 0 bridgehead atoms. The fourth-order valence-corrected chi connectivity index (χ4v) is 1.39. The van der Waals surface area contributed by atoms with E-state index in [9.17, 15) is 59.4 Å². The Kier molecular flexibility index (Phi) is 28.2. The minimum absolute atomic E-state index is 0. The first kappa shape index (κ1) is 45.8. The maximum absolute atomic E-state index is 10.2. The molecule has 0 radical (unpaired) electrons. The fraction of sp³-hybridized carbons (Fsp3) is 0.500. The van der Waals surface area contributed by atoms with Crippen LogP contribution in [0.25, 0.3) is 0 Å². The molecular formula is C12H12Ca3O17. The minimum atomic E-state index is -3.46. The second kappa shape index (κ2) is 19.7. The summed E-state index contributed by atoms with van der Waals surface area (Å²) in [5.41, 5.74) is -6.92. The smallest absolute Gasteiger partial charge is 0.550 e. The van der Waals surface area contributed by atoms with Gasteiger partial charge in [-0.05, 0) is 0 Å². The third-order valence-electron chi connectivity index (χ3n) is 2.89. The van der Waals surface area contributed by atoms with Crippen molar-refractivity contribution in [2.75, 3.05) is 0 Å². The van der Waals surface area contributed by atoms with Crippen molar-refractivity contribution >= 4 is 149 Å². The summed E-state index contributed by atoms with van der Waals surface area (Å²) >= 11 is 0. The first-order valence-corrected chi connectivity index (χ1v) is 6.48. The van der Waals surface area contributed by atoms with Gasteiger partial charge in [-0.15, -0.1) is 0 Å². The molecule has 0 aromatic carbocycles. The summed E-state index contributed by atoms with van der Waals surface area (Å²) in [5.74, 6) is -13.7. The van der Waals surface area contributed by atoms with Crippen molar-refractivity contribution in [3.63, 3.8) is 0 Å². The van der Waals surface area contributed by atoms with Crippen molar-refractivity contribution in [1.29, 1.82) is 0 Å². The topological polar surface area (TPSA) is 353 Å². The average molecular weight is 548 g/mol. The van der Waals surface area contributed by atoms with Gasteiger partial charge in [-0.3, -0.25) is 0 Å². The van der Waals surface area contributed by atoms with E-state index in [2.05, 4.69) is 0 Å². The van der Waals surface area contributed by atoms with Crippen LogP contribution in [0.5, 0.6) is 0 Å². The van der Waals surface area contributed by atoms with Crippen LogP contribution in [0.15, 0.2) is 0 Å². The number of aliphatic hydroxyl groups excluding tert-OH is 2. The molecule has 6 N–H and O–H groups in total. The van der Waals surface area contributed by atoms with Crippen LogP contribution in [0.4, 0.5) is 0 Å². The quantitative estimate of drug-likeness (QED) is 0.184. The summed E-state index contributed by atoms with van der Waals surface area (Å²) in [6.45, 7) is 0. The number of hydrogen-bond acceptors (Lipinski definition) is 16. The van der Waals surface area contributed by atoms with Gasteiger partial charge in [0.1, 0.15) is 23.4 Å². The molecule has 0 aliphatic heterocycles. The summed E-state index contributed by atoms with van der Waals surface area (Å²) in [7, 11) is 0. The Morgan fingerprint density at radius 3 is 0.875 bits per heavy atom. The first-order valence-electron chi connectivity index (χ1n) is 6.48. The fourth-order valence-electron chi connectivity index (χ4n) is 1.39. The van der Waals surface area contributed by atoms with E-state index >= 15 is 0 Å². The molecule has 32 heavy (non-hydrogen) atoms. The molecule has 0 aliphatic rings. The van der Waals surface area contributed by atoms with E-state index in [1.807, 2.05) is 0 Å². The SMILES string of the molecule is O.O=C([O-])C[C@](O)(C(=O)[O-])[C@H](O)C(=O)[O-].O=C([O-])C[C@](O)(C(=O)[O-])[C@H](O)C(=O)[O-].[Ca+2].[Ca+2].[Ca+2]. The summed E-state index contributed by atoms with van der Waals surface area (Å²) in [6.07, 6.45) is -9.06. The molecule has 0 amide bonds. The van der Waals surface area contributed by atoms with Crippen molar-refractivity contribution in [2.24, 2.45) is 0 Å². The van der Waals surface area contributed by atoms with Gasteiger partial charge in [-0.25, -0.2) is 0 Å². The predicted molar refractivity (Wildman–Crippen MR) is 82.1 cm³/mol. The molecule has 4 atom stereocenters. The zero-order valence-corrected chi connectivity index (χ0v) is 22.5. The molecule has 0 saturated heterocycles. The van der Waals surface area contributed by atoms with Gasteiger partial charge >= 0.3 is 113 Å². The molecule has 0 aliphatic carbocycles. The predicted octanol–water partition coefficient (Wildman–Crippen LogP) is -14.5. The summed E-state index contributed by atoms with van der Waals surface area (Å²) < 4.78 is 0. The summed E-state index contributed by atoms with van der Waals surface area (Å²) in [5, 5.41) is 95.5. The largest absolute Gasteiger partial charge is 2.00 e. The average Bonchev–Trinajstić information content (AvgIpc) is 2.51. The molecule has 0 fully saturated rings. The van der Waals surface area contributed by atoms with Gasteiger partial charge in [-0.2, -0.15) is 0 Å². The number of aliphatic hydroxyl groups is 4. The molecule has 0 unspecified atom stereocenters. The van der Waals surface area contributed by atoms with E-state index in [0.717, 1.165) is 0 Å². The Bertz CT molecular complexity index is 613. The second-order valence-corrected chi connectivity index (χ2v) is 4.96. The van der Waals surface area contributed by atoms with E-state index in [1.54, 1.807) is 0 Å². The summed E-state index contributed by atoms with van der Waals surface area (Å²) in [4.78, 5) is 60.3. The number of aliphatic carboxylic acids is 6. The van der Waals surface area contributed by atoms with E-state index in [1.165, 1.54) is 0 Å². The van der Waals surface area contributed by atoms with Crippen molar-refractivity contribution in [3.05, 3.63) is 0 Å². The Morgan fingerprint density at radius 1 is 0.594 bits per heavy atom. The second-order valence-electron chi connectivity index (χ2n) is 4.96. The molecule has 20 heteroatoms.